The highest BCUT2D eigenvalue weighted by atomic mass is 32.2. The van der Waals surface area contributed by atoms with Crippen LogP contribution in [0.25, 0.3) is 0 Å². The molecule has 2 saturated heterocycles. The van der Waals surface area contributed by atoms with Gasteiger partial charge in [-0.2, -0.15) is 13.2 Å². The highest BCUT2D eigenvalue weighted by molar-refractivity contribution is 7.92. The topological polar surface area (TPSA) is 127 Å². The van der Waals surface area contributed by atoms with Gasteiger partial charge in [0.25, 0.3) is 0 Å². The maximum absolute atomic E-state index is 11.8. The Morgan fingerprint density at radius 2 is 1.62 bits per heavy atom. The lowest BCUT2D eigenvalue weighted by molar-refractivity contribution is -0.192. The first-order valence-corrected chi connectivity index (χ1v) is 12.7. The van der Waals surface area contributed by atoms with Crippen molar-refractivity contribution in [2.45, 2.75) is 51.2 Å². The summed E-state index contributed by atoms with van der Waals surface area (Å²) in [6.45, 7) is 5.54. The number of aromatic carboxylic acids is 1. The van der Waals surface area contributed by atoms with E-state index in [4.69, 9.17) is 9.90 Å². The van der Waals surface area contributed by atoms with E-state index in [1.807, 2.05) is 0 Å². The Morgan fingerprint density at radius 3 is 2.09 bits per heavy atom. The molecule has 0 bridgehead atoms. The van der Waals surface area contributed by atoms with Crippen molar-refractivity contribution in [1.29, 1.82) is 0 Å². The predicted octanol–water partition coefficient (Wildman–Crippen LogP) is 3.23. The number of anilines is 2. The highest BCUT2D eigenvalue weighted by Gasteiger charge is 2.38. The van der Waals surface area contributed by atoms with Crippen LogP contribution >= 0.6 is 0 Å². The maximum atomic E-state index is 11.8. The average Bonchev–Trinajstić information content (AvgIpc) is 2.79. The second kappa shape index (κ2) is 11.7. The molecule has 3 rings (SSSR count). The first kappa shape index (κ1) is 27.7. The van der Waals surface area contributed by atoms with Gasteiger partial charge in [-0.1, -0.05) is 6.42 Å². The molecule has 0 amide bonds. The van der Waals surface area contributed by atoms with Gasteiger partial charge in [-0.05, 0) is 63.9 Å². The Bertz CT molecular complexity index is 957. The number of hydrogen-bond acceptors (Lipinski definition) is 6. The maximum Gasteiger partial charge on any atom is 0.490 e. The number of nitrogens with one attached hydrogen (secondary N) is 1. The first-order chi connectivity index (χ1) is 15.8. The molecule has 1 aromatic carbocycles. The molecule has 2 heterocycles. The molecule has 192 valence electrons. The van der Waals surface area contributed by atoms with Crippen molar-refractivity contribution in [2.24, 2.45) is 0 Å². The minimum Gasteiger partial charge on any atom is -0.478 e. The summed E-state index contributed by atoms with van der Waals surface area (Å²) in [6.07, 6.45) is 0.856. The monoisotopic (exact) mass is 509 g/mol. The van der Waals surface area contributed by atoms with Gasteiger partial charge in [-0.25, -0.2) is 18.0 Å². The zero-order valence-electron chi connectivity index (χ0n) is 18.8. The van der Waals surface area contributed by atoms with Crippen LogP contribution in [0.1, 0.15) is 49.4 Å². The number of nitrogens with zero attached hydrogens (tertiary/aromatic N) is 2. The second-order valence-corrected chi connectivity index (χ2v) is 10.2. The van der Waals surface area contributed by atoms with Crippen LogP contribution in [0.15, 0.2) is 18.2 Å². The Balaban J connectivity index is 0.000000509. The molecule has 34 heavy (non-hydrogen) atoms. The van der Waals surface area contributed by atoms with Crippen LogP contribution in [0.2, 0.25) is 0 Å². The van der Waals surface area contributed by atoms with E-state index in [-0.39, 0.29) is 11.3 Å². The molecule has 1 aromatic rings. The van der Waals surface area contributed by atoms with Crippen molar-refractivity contribution >= 4 is 33.3 Å². The molecule has 0 aromatic heterocycles. The molecular weight excluding hydrogens is 479 g/mol. The van der Waals surface area contributed by atoms with Crippen molar-refractivity contribution in [3.63, 3.8) is 0 Å². The van der Waals surface area contributed by atoms with E-state index in [1.54, 1.807) is 19.1 Å². The van der Waals surface area contributed by atoms with E-state index >= 15 is 0 Å². The number of benzene rings is 1. The number of sulfonamides is 1. The van der Waals surface area contributed by atoms with Crippen LogP contribution in [0, 0.1) is 0 Å². The number of halogens is 3. The molecule has 0 aliphatic carbocycles. The van der Waals surface area contributed by atoms with Crippen LogP contribution in [-0.2, 0) is 14.8 Å². The summed E-state index contributed by atoms with van der Waals surface area (Å²) in [4.78, 5) is 25.3. The number of hydrogen-bond donors (Lipinski definition) is 3. The van der Waals surface area contributed by atoms with Crippen LogP contribution in [0.5, 0.6) is 0 Å². The molecule has 2 aliphatic rings. The SMILES string of the molecule is CCS(=O)(=O)Nc1ccc(N2CCC(N3CCCCC3)CC2)c(C(=O)O)c1.O=C(O)C(F)(F)F. The van der Waals surface area contributed by atoms with Crippen molar-refractivity contribution in [3.05, 3.63) is 23.8 Å². The standard InChI is InChI=1S/C19H29N3O4S.C2HF3O2/c1-2-27(25,26)20-15-6-7-18(17(14-15)19(23)24)22-12-8-16(9-13-22)21-10-4-3-5-11-21;3-2(4,5)1(6)7/h6-7,14,16,20H,2-5,8-13H2,1H3,(H,23,24);(H,6,7). The van der Waals surface area contributed by atoms with Gasteiger partial charge < -0.3 is 20.0 Å². The Hall–Kier alpha value is -2.54. The van der Waals surface area contributed by atoms with E-state index < -0.39 is 28.1 Å². The van der Waals surface area contributed by atoms with E-state index in [1.165, 1.54) is 38.4 Å². The molecule has 3 N–H and O–H groups in total. The molecule has 0 radical (unpaired) electrons. The lowest BCUT2D eigenvalue weighted by atomic mass is 9.98. The quantitative estimate of drug-likeness (QED) is 0.534. The normalized spacial score (nSPS) is 18.1. The summed E-state index contributed by atoms with van der Waals surface area (Å²) < 4.78 is 57.7. The van der Waals surface area contributed by atoms with Crippen molar-refractivity contribution in [3.8, 4) is 0 Å². The summed E-state index contributed by atoms with van der Waals surface area (Å²) in [7, 11) is -3.43. The average molecular weight is 510 g/mol. The van der Waals surface area contributed by atoms with E-state index in [0.29, 0.717) is 17.4 Å². The number of carboxylic acids is 2. The first-order valence-electron chi connectivity index (χ1n) is 11.0. The zero-order valence-corrected chi connectivity index (χ0v) is 19.7. The summed E-state index contributed by atoms with van der Waals surface area (Å²) >= 11 is 0. The molecule has 0 spiro atoms. The number of carbonyl (C=O) groups is 2. The fourth-order valence-corrected chi connectivity index (χ4v) is 4.68. The summed E-state index contributed by atoms with van der Waals surface area (Å²) in [6, 6.07) is 5.37. The van der Waals surface area contributed by atoms with Gasteiger partial charge in [-0.3, -0.25) is 4.72 Å². The third-order valence-electron chi connectivity index (χ3n) is 5.84. The zero-order chi connectivity index (χ0) is 25.5. The molecule has 9 nitrogen and oxygen atoms in total. The van der Waals surface area contributed by atoms with Crippen molar-refractivity contribution in [2.75, 3.05) is 41.6 Å². The highest BCUT2D eigenvalue weighted by Crippen LogP contribution is 2.29. The number of likely N-dealkylation sites (tertiary alicyclic amines) is 1. The van der Waals surface area contributed by atoms with Gasteiger partial charge in [0.15, 0.2) is 0 Å². The predicted molar refractivity (Wildman–Crippen MR) is 121 cm³/mol. The molecular formula is C21H30F3N3O6S. The van der Waals surface area contributed by atoms with E-state index in [2.05, 4.69) is 14.5 Å². The Morgan fingerprint density at radius 1 is 1.06 bits per heavy atom. The van der Waals surface area contributed by atoms with Gasteiger partial charge in [0.1, 0.15) is 0 Å². The number of alkyl halides is 3. The fourth-order valence-electron chi connectivity index (χ4n) is 4.05. The largest absolute Gasteiger partial charge is 0.490 e. The van der Waals surface area contributed by atoms with Crippen LogP contribution in [-0.4, -0.2) is 79.6 Å². The number of piperidine rings is 2. The second-order valence-electron chi connectivity index (χ2n) is 8.16. The summed E-state index contributed by atoms with van der Waals surface area (Å²) in [5, 5.41) is 16.7. The third kappa shape index (κ3) is 8.05. The Labute approximate surface area is 196 Å². The van der Waals surface area contributed by atoms with E-state index in [9.17, 15) is 31.5 Å². The van der Waals surface area contributed by atoms with Gasteiger partial charge in [0.2, 0.25) is 10.0 Å². The van der Waals surface area contributed by atoms with Gasteiger partial charge in [-0.15, -0.1) is 0 Å². The van der Waals surface area contributed by atoms with E-state index in [0.717, 1.165) is 25.9 Å². The molecule has 0 saturated carbocycles. The lowest BCUT2D eigenvalue weighted by Gasteiger charge is -2.41. The fraction of sp³-hybridized carbons (Fsp3) is 0.619. The number of rotatable bonds is 6. The van der Waals surface area contributed by atoms with Gasteiger partial charge in [0.05, 0.1) is 17.0 Å². The number of aliphatic carboxylic acids is 1. The molecule has 13 heteroatoms. The minimum atomic E-state index is -5.08. The summed E-state index contributed by atoms with van der Waals surface area (Å²) in [5.74, 6) is -3.85. The van der Waals surface area contributed by atoms with Gasteiger partial charge in [0, 0.05) is 24.8 Å². The van der Waals surface area contributed by atoms with Crippen molar-refractivity contribution < 1.29 is 41.4 Å². The molecule has 0 unspecified atom stereocenters. The smallest absolute Gasteiger partial charge is 0.478 e. The third-order valence-corrected chi connectivity index (χ3v) is 7.14. The van der Waals surface area contributed by atoms with Gasteiger partial charge >= 0.3 is 18.1 Å². The number of carboxylic acid groups (broad SMARTS) is 2. The van der Waals surface area contributed by atoms with Crippen LogP contribution in [0.3, 0.4) is 0 Å². The van der Waals surface area contributed by atoms with Crippen LogP contribution < -0.4 is 9.62 Å². The van der Waals surface area contributed by atoms with Crippen molar-refractivity contribution in [1.82, 2.24) is 4.90 Å². The van der Waals surface area contributed by atoms with Crippen LogP contribution in [0.4, 0.5) is 24.5 Å². The lowest BCUT2D eigenvalue weighted by Crippen LogP contribution is -2.47. The Kier molecular flexibility index (Phi) is 9.56. The molecule has 2 aliphatic heterocycles. The molecule has 2 fully saturated rings. The minimum absolute atomic E-state index is 0.0544. The molecule has 0 atom stereocenters. The summed E-state index contributed by atoms with van der Waals surface area (Å²) in [5.41, 5.74) is 1.10.